The summed E-state index contributed by atoms with van der Waals surface area (Å²) in [6.07, 6.45) is 1.35. The van der Waals surface area contributed by atoms with Gasteiger partial charge in [0.2, 0.25) is 0 Å². The highest BCUT2D eigenvalue weighted by atomic mass is 16.5. The highest BCUT2D eigenvalue weighted by molar-refractivity contribution is 6.02. The molecule has 2 N–H and O–H groups in total. The summed E-state index contributed by atoms with van der Waals surface area (Å²) < 4.78 is 11.2. The Hall–Kier alpha value is -3.94. The molecule has 1 aliphatic rings. The Kier molecular flexibility index (Phi) is 6.83. The number of nitrogens with one attached hydrogen (secondary N) is 2. The molecule has 2 heterocycles. The number of amides is 3. The molecular weight excluding hydrogens is 420 g/mol. The predicted molar refractivity (Wildman–Crippen MR) is 127 cm³/mol. The van der Waals surface area contributed by atoms with E-state index in [1.54, 1.807) is 36.2 Å². The van der Waals surface area contributed by atoms with Crippen LogP contribution in [0.2, 0.25) is 0 Å². The van der Waals surface area contributed by atoms with Crippen molar-refractivity contribution in [2.45, 2.75) is 19.6 Å². The van der Waals surface area contributed by atoms with Crippen LogP contribution < -0.4 is 20.3 Å². The molecule has 0 saturated heterocycles. The van der Waals surface area contributed by atoms with Crippen molar-refractivity contribution < 1.29 is 18.7 Å². The number of rotatable bonds is 7. The number of hydrogen-bond donors (Lipinski definition) is 2. The summed E-state index contributed by atoms with van der Waals surface area (Å²) in [6, 6.07) is 18.4. The third-order valence-corrected chi connectivity index (χ3v) is 5.53. The van der Waals surface area contributed by atoms with Crippen LogP contribution in [0.5, 0.6) is 5.75 Å². The topological polar surface area (TPSA) is 87.1 Å². The maximum Gasteiger partial charge on any atom is 0.317 e. The van der Waals surface area contributed by atoms with Crippen LogP contribution in [0.25, 0.3) is 0 Å². The van der Waals surface area contributed by atoms with Gasteiger partial charge in [-0.15, -0.1) is 0 Å². The van der Waals surface area contributed by atoms with Gasteiger partial charge in [-0.05, 0) is 48.9 Å². The van der Waals surface area contributed by atoms with Crippen LogP contribution in [-0.4, -0.2) is 49.6 Å². The Balaban J connectivity index is 1.26. The molecule has 3 aromatic rings. The number of carbonyl (C=O) groups excluding carboxylic acids is 2. The van der Waals surface area contributed by atoms with Gasteiger partial charge in [0.1, 0.15) is 11.9 Å². The maximum atomic E-state index is 12.6. The minimum absolute atomic E-state index is 0.104. The number of fused-ring (bicyclic) bond motifs is 1. The molecule has 33 heavy (non-hydrogen) atoms. The Morgan fingerprint density at radius 1 is 1.09 bits per heavy atom. The van der Waals surface area contributed by atoms with E-state index in [0.717, 1.165) is 30.1 Å². The lowest BCUT2D eigenvalue weighted by Gasteiger charge is -2.37. The van der Waals surface area contributed by atoms with Crippen LogP contribution in [0.3, 0.4) is 0 Å². The van der Waals surface area contributed by atoms with E-state index in [1.807, 2.05) is 30.3 Å². The lowest BCUT2D eigenvalue weighted by atomic mass is 10.2. The first-order valence-electron chi connectivity index (χ1n) is 11.0. The van der Waals surface area contributed by atoms with Crippen molar-refractivity contribution in [2.24, 2.45) is 0 Å². The van der Waals surface area contributed by atoms with Crippen LogP contribution >= 0.6 is 0 Å². The molecule has 1 aromatic heterocycles. The summed E-state index contributed by atoms with van der Waals surface area (Å²) in [5.41, 5.74) is 2.67. The standard InChI is InChI=1S/C25H28N4O4/c1-3-29-17-20(33-22-8-5-4-7-21(22)29)16-28(2)25(31)26-15-18-10-12-19(13-11-18)27-24(30)23-9-6-14-32-23/h4-14,20H,3,15-17H2,1-2H3,(H,26,31)(H,27,30)/t20-/m1/s1. The molecular formula is C25H28N4O4. The summed E-state index contributed by atoms with van der Waals surface area (Å²) in [4.78, 5) is 28.6. The van der Waals surface area contributed by atoms with Crippen LogP contribution in [0.4, 0.5) is 16.2 Å². The molecule has 0 aliphatic carbocycles. The monoisotopic (exact) mass is 448 g/mol. The number of urea groups is 1. The van der Waals surface area contributed by atoms with E-state index in [2.05, 4.69) is 28.5 Å². The normalized spacial score (nSPS) is 14.7. The summed E-state index contributed by atoms with van der Waals surface area (Å²) in [6.45, 7) is 4.59. The molecule has 0 saturated carbocycles. The van der Waals surface area contributed by atoms with Crippen LogP contribution in [0, 0.1) is 0 Å². The first-order valence-corrected chi connectivity index (χ1v) is 11.0. The minimum Gasteiger partial charge on any atom is -0.485 e. The fourth-order valence-corrected chi connectivity index (χ4v) is 3.78. The van der Waals surface area contributed by atoms with Crippen molar-refractivity contribution in [1.29, 1.82) is 0 Å². The number of anilines is 2. The zero-order chi connectivity index (χ0) is 23.2. The Bertz CT molecular complexity index is 1080. The smallest absolute Gasteiger partial charge is 0.317 e. The predicted octanol–water partition coefficient (Wildman–Crippen LogP) is 3.96. The van der Waals surface area contributed by atoms with E-state index in [4.69, 9.17) is 9.15 Å². The van der Waals surface area contributed by atoms with Gasteiger partial charge >= 0.3 is 6.03 Å². The Morgan fingerprint density at radius 2 is 1.88 bits per heavy atom. The SMILES string of the molecule is CCN1C[C@@H](CN(C)C(=O)NCc2ccc(NC(=O)c3ccco3)cc2)Oc2ccccc21. The first kappa shape index (κ1) is 22.3. The van der Waals surface area contributed by atoms with Crippen molar-refractivity contribution in [1.82, 2.24) is 10.2 Å². The van der Waals surface area contributed by atoms with Crippen molar-refractivity contribution in [3.63, 3.8) is 0 Å². The van der Waals surface area contributed by atoms with Crippen molar-refractivity contribution in [2.75, 3.05) is 36.9 Å². The minimum atomic E-state index is -0.308. The average molecular weight is 449 g/mol. The molecule has 0 spiro atoms. The number of carbonyl (C=O) groups is 2. The fraction of sp³-hybridized carbons (Fsp3) is 0.280. The molecule has 0 radical (unpaired) electrons. The first-order chi connectivity index (χ1) is 16.0. The van der Waals surface area contributed by atoms with E-state index >= 15 is 0 Å². The van der Waals surface area contributed by atoms with Crippen molar-refractivity contribution in [3.8, 4) is 5.75 Å². The summed E-state index contributed by atoms with van der Waals surface area (Å²) >= 11 is 0. The van der Waals surface area contributed by atoms with Gasteiger partial charge in [0, 0.05) is 25.8 Å². The maximum absolute atomic E-state index is 12.6. The second-order valence-electron chi connectivity index (χ2n) is 7.91. The molecule has 8 heteroatoms. The second-order valence-corrected chi connectivity index (χ2v) is 7.91. The number of furan rings is 1. The molecule has 2 aromatic carbocycles. The van der Waals surface area contributed by atoms with Gasteiger partial charge in [0.15, 0.2) is 5.76 Å². The summed E-state index contributed by atoms with van der Waals surface area (Å²) in [5.74, 6) is 0.794. The number of nitrogens with zero attached hydrogens (tertiary/aromatic N) is 2. The zero-order valence-electron chi connectivity index (χ0n) is 18.8. The molecule has 1 aliphatic heterocycles. The van der Waals surface area contributed by atoms with Gasteiger partial charge in [0.25, 0.3) is 5.91 Å². The number of likely N-dealkylation sites (N-methyl/N-ethyl adjacent to an activating group) is 2. The van der Waals surface area contributed by atoms with Gasteiger partial charge in [0.05, 0.1) is 25.0 Å². The van der Waals surface area contributed by atoms with Gasteiger partial charge in [-0.3, -0.25) is 4.79 Å². The molecule has 0 bridgehead atoms. The van der Waals surface area contributed by atoms with Crippen molar-refractivity contribution >= 4 is 23.3 Å². The molecule has 1 atom stereocenters. The molecule has 0 fully saturated rings. The van der Waals surface area contributed by atoms with E-state index in [9.17, 15) is 9.59 Å². The quantitative estimate of drug-likeness (QED) is 0.571. The van der Waals surface area contributed by atoms with Gasteiger partial charge in [-0.25, -0.2) is 4.79 Å². The second kappa shape index (κ2) is 10.1. The number of para-hydroxylation sites is 2. The lowest BCUT2D eigenvalue weighted by molar-refractivity contribution is 0.0996. The molecule has 8 nitrogen and oxygen atoms in total. The lowest BCUT2D eigenvalue weighted by Crippen LogP contribution is -2.48. The third-order valence-electron chi connectivity index (χ3n) is 5.53. The van der Waals surface area contributed by atoms with Gasteiger partial charge in [-0.2, -0.15) is 0 Å². The molecule has 3 amide bonds. The Morgan fingerprint density at radius 3 is 2.61 bits per heavy atom. The fourth-order valence-electron chi connectivity index (χ4n) is 3.78. The zero-order valence-corrected chi connectivity index (χ0v) is 18.8. The van der Waals surface area contributed by atoms with E-state index in [-0.39, 0.29) is 23.8 Å². The Labute approximate surface area is 193 Å². The van der Waals surface area contributed by atoms with E-state index in [1.165, 1.54) is 6.26 Å². The third kappa shape index (κ3) is 5.46. The van der Waals surface area contributed by atoms with Crippen LogP contribution in [0.15, 0.2) is 71.3 Å². The summed E-state index contributed by atoms with van der Waals surface area (Å²) in [5, 5.41) is 5.70. The molecule has 0 unspecified atom stereocenters. The largest absolute Gasteiger partial charge is 0.485 e. The van der Waals surface area contributed by atoms with Crippen molar-refractivity contribution in [3.05, 3.63) is 78.3 Å². The average Bonchev–Trinajstić information content (AvgIpc) is 3.38. The summed E-state index contributed by atoms with van der Waals surface area (Å²) in [7, 11) is 1.77. The van der Waals surface area contributed by atoms with E-state index in [0.29, 0.717) is 18.8 Å². The number of benzene rings is 2. The van der Waals surface area contributed by atoms with Gasteiger partial charge < -0.3 is 29.6 Å². The number of ether oxygens (including phenoxy) is 1. The van der Waals surface area contributed by atoms with E-state index < -0.39 is 0 Å². The van der Waals surface area contributed by atoms with Gasteiger partial charge in [-0.1, -0.05) is 24.3 Å². The molecule has 4 rings (SSSR count). The van der Waals surface area contributed by atoms with Crippen LogP contribution in [-0.2, 0) is 6.54 Å². The molecule has 172 valence electrons. The number of hydrogen-bond acceptors (Lipinski definition) is 5. The highest BCUT2D eigenvalue weighted by Gasteiger charge is 2.26. The highest BCUT2D eigenvalue weighted by Crippen LogP contribution is 2.32. The van der Waals surface area contributed by atoms with Crippen LogP contribution in [0.1, 0.15) is 23.0 Å².